The van der Waals surface area contributed by atoms with Crippen molar-refractivity contribution in [1.82, 2.24) is 14.5 Å². The molecule has 0 saturated heterocycles. The van der Waals surface area contributed by atoms with E-state index in [1.165, 1.54) is 32.6 Å². The minimum Gasteiger partial charge on any atom is -0.456 e. The van der Waals surface area contributed by atoms with Gasteiger partial charge in [0.25, 0.3) is 0 Å². The normalized spacial score (nSPS) is 11.3. The first kappa shape index (κ1) is 47.2. The molecule has 0 fully saturated rings. The summed E-state index contributed by atoms with van der Waals surface area (Å²) in [4.78, 5) is 10.1. The van der Waals surface area contributed by atoms with E-state index >= 15 is 0 Å². The number of fused-ring (bicyclic) bond motifs is 9. The molecule has 4 aromatic heterocycles. The molecule has 0 saturated carbocycles. The van der Waals surface area contributed by atoms with Crippen LogP contribution in [0, 0.1) is 0 Å². The molecule has 15 rings (SSSR count). The number of hydrogen-bond donors (Lipinski definition) is 0. The molecule has 0 bridgehead atoms. The van der Waals surface area contributed by atoms with Crippen LogP contribution in [0.3, 0.4) is 0 Å². The van der Waals surface area contributed by atoms with Crippen LogP contribution < -0.4 is 0 Å². The van der Waals surface area contributed by atoms with E-state index in [1.54, 1.807) is 0 Å². The van der Waals surface area contributed by atoms with Gasteiger partial charge in [0.15, 0.2) is 5.82 Å². The summed E-state index contributed by atoms with van der Waals surface area (Å²) in [7, 11) is 0. The summed E-state index contributed by atoms with van der Waals surface area (Å²) in [5.74, 6) is 0.704. The van der Waals surface area contributed by atoms with Crippen LogP contribution in [0.4, 0.5) is 0 Å². The van der Waals surface area contributed by atoms with Crippen LogP contribution in [0.2, 0.25) is 0 Å². The van der Waals surface area contributed by atoms with Crippen LogP contribution in [0.1, 0.15) is 0 Å². The van der Waals surface area contributed by atoms with Crippen LogP contribution in [-0.2, 0) is 0 Å². The molecule has 0 spiro atoms. The van der Waals surface area contributed by atoms with Crippen molar-refractivity contribution < 1.29 is 8.83 Å². The van der Waals surface area contributed by atoms with Crippen molar-refractivity contribution in [3.63, 3.8) is 0 Å². The molecule has 15 aromatic rings. The van der Waals surface area contributed by atoms with Crippen LogP contribution in [-0.4, -0.2) is 22.9 Å². The Hall–Kier alpha value is -9.56. The first-order valence-corrected chi connectivity index (χ1v) is 26.2. The Morgan fingerprint density at radius 3 is 1.34 bits per heavy atom. The zero-order valence-corrected chi connectivity index (χ0v) is 43.1. The molecule has 0 unspecified atom stereocenters. The first-order valence-electron chi connectivity index (χ1n) is 25.4. The van der Waals surface area contributed by atoms with Gasteiger partial charge in [0, 0.05) is 67.6 Å². The average Bonchev–Trinajstić information content (AvgIpc) is 4.25. The number of halogens is 1. The van der Waals surface area contributed by atoms with Gasteiger partial charge in [0.1, 0.15) is 22.3 Å². The van der Waals surface area contributed by atoms with E-state index in [9.17, 15) is 0 Å². The molecule has 361 valence electrons. The number of para-hydroxylation sites is 3. The third-order valence-electron chi connectivity index (χ3n) is 14.4. The minimum atomic E-state index is 0. The van der Waals surface area contributed by atoms with E-state index in [4.69, 9.17) is 18.8 Å². The summed E-state index contributed by atoms with van der Waals surface area (Å²) in [6.45, 7) is 0. The van der Waals surface area contributed by atoms with Gasteiger partial charge in [-0.2, -0.15) is 0 Å². The molecule has 4 heterocycles. The van der Waals surface area contributed by atoms with Crippen LogP contribution in [0.25, 0.3) is 139 Å². The fourth-order valence-electron chi connectivity index (χ4n) is 10.6. The van der Waals surface area contributed by atoms with E-state index in [0.29, 0.717) is 5.82 Å². The second-order valence-electron chi connectivity index (χ2n) is 19.0. The van der Waals surface area contributed by atoms with Crippen LogP contribution in [0.5, 0.6) is 0 Å². The quantitative estimate of drug-likeness (QED) is 0.149. The minimum absolute atomic E-state index is 0. The number of hydrogen-bond acceptors (Lipinski definition) is 4. The van der Waals surface area contributed by atoms with Crippen molar-refractivity contribution in [3.05, 3.63) is 271 Å². The number of benzene rings is 11. The van der Waals surface area contributed by atoms with Gasteiger partial charge < -0.3 is 13.4 Å². The molecule has 5 nitrogen and oxygen atoms in total. The predicted octanol–water partition coefficient (Wildman–Crippen LogP) is 19.4. The van der Waals surface area contributed by atoms with Gasteiger partial charge in [-0.1, -0.05) is 198 Å². The van der Waals surface area contributed by atoms with Crippen LogP contribution >= 0.6 is 15.9 Å². The van der Waals surface area contributed by atoms with E-state index in [0.717, 1.165) is 105 Å². The van der Waals surface area contributed by atoms with Gasteiger partial charge in [-0.25, -0.2) is 9.97 Å². The van der Waals surface area contributed by atoms with Crippen molar-refractivity contribution in [2.45, 2.75) is 0 Å². The second-order valence-corrected chi connectivity index (χ2v) is 20.0. The molecule has 0 aliphatic rings. The Morgan fingerprint density at radius 2 is 0.727 bits per heavy atom. The maximum atomic E-state index is 6.24. The zero-order valence-electron chi connectivity index (χ0n) is 41.5. The second kappa shape index (κ2) is 19.9. The van der Waals surface area contributed by atoms with Gasteiger partial charge in [0.2, 0.25) is 0 Å². The number of rotatable bonds is 7. The molecule has 3 radical (unpaired) electrons. The smallest absolute Gasteiger partial charge is 0.160 e. The first-order chi connectivity index (χ1) is 37.5. The predicted molar refractivity (Wildman–Crippen MR) is 323 cm³/mol. The number of furan rings is 2. The lowest BCUT2D eigenvalue weighted by Crippen LogP contribution is -1.96. The summed E-state index contributed by atoms with van der Waals surface area (Å²) in [6.07, 6.45) is 0. The number of nitrogens with zero attached hydrogens (tertiary/aromatic N) is 3. The molecule has 0 aliphatic heterocycles. The Balaban J connectivity index is 0.000000225. The van der Waals surface area contributed by atoms with Gasteiger partial charge in [-0.3, -0.25) is 0 Å². The highest BCUT2D eigenvalue weighted by Gasteiger charge is 2.17. The number of aromatic nitrogens is 3. The van der Waals surface area contributed by atoms with Gasteiger partial charge >= 0.3 is 0 Å². The molecule has 0 N–H and O–H groups in total. The topological polar surface area (TPSA) is 57.0 Å². The van der Waals surface area contributed by atoms with Crippen molar-refractivity contribution in [1.29, 1.82) is 0 Å². The molecule has 7 heteroatoms. The summed E-state index contributed by atoms with van der Waals surface area (Å²) in [5.41, 5.74) is 18.9. The fourth-order valence-corrected chi connectivity index (χ4v) is 11.0. The highest BCUT2D eigenvalue weighted by atomic mass is 79.9. The third kappa shape index (κ3) is 8.86. The lowest BCUT2D eigenvalue weighted by molar-refractivity contribution is 0.668. The van der Waals surface area contributed by atoms with Crippen molar-refractivity contribution >= 4 is 90.0 Å². The van der Waals surface area contributed by atoms with E-state index in [1.807, 2.05) is 78.9 Å². The third-order valence-corrected chi connectivity index (χ3v) is 14.9. The van der Waals surface area contributed by atoms with Crippen LogP contribution in [0.15, 0.2) is 280 Å². The van der Waals surface area contributed by atoms with E-state index in [2.05, 4.69) is 209 Å². The van der Waals surface area contributed by atoms with E-state index in [-0.39, 0.29) is 8.41 Å². The highest BCUT2D eigenvalue weighted by Crippen LogP contribution is 2.39. The molecular weight excluding hydrogens is 1010 g/mol. The lowest BCUT2D eigenvalue weighted by Gasteiger charge is -2.11. The van der Waals surface area contributed by atoms with Gasteiger partial charge in [-0.15, -0.1) is 0 Å². The maximum absolute atomic E-state index is 6.24. The van der Waals surface area contributed by atoms with Gasteiger partial charge in [0.05, 0.1) is 22.4 Å². The molecule has 0 amide bonds. The molecule has 77 heavy (non-hydrogen) atoms. The average molecular weight is 1050 g/mol. The van der Waals surface area contributed by atoms with Crippen molar-refractivity contribution in [3.8, 4) is 73.0 Å². The van der Waals surface area contributed by atoms with Crippen molar-refractivity contribution in [2.24, 2.45) is 0 Å². The zero-order chi connectivity index (χ0) is 50.5. The summed E-state index contributed by atoms with van der Waals surface area (Å²) < 4.78 is 15.6. The maximum Gasteiger partial charge on any atom is 0.160 e. The molecule has 0 atom stereocenters. The van der Waals surface area contributed by atoms with Gasteiger partial charge in [-0.05, 0) is 118 Å². The largest absolute Gasteiger partial charge is 0.456 e. The monoisotopic (exact) mass is 1050 g/mol. The SMILES string of the molecule is Brc1cccc(-c2ccc3c(c2)oc2ccccc23)c1.[B].c1ccc(-c2cc(-c3ccccc3)nc(-c3ccc(-c4ccc5c(c4)c4ccccc4n5-c4cccc(-c5ccc6c(c5)oc5ccccc56)c4)cc3)n2)cc1. The summed E-state index contributed by atoms with van der Waals surface area (Å²) in [6, 6.07) is 93.2. The molecule has 11 aromatic carbocycles. The summed E-state index contributed by atoms with van der Waals surface area (Å²) >= 11 is 3.51. The van der Waals surface area contributed by atoms with E-state index < -0.39 is 0 Å². The Morgan fingerprint density at radius 1 is 0.286 bits per heavy atom. The Bertz CT molecular complexity index is 4600. The van der Waals surface area contributed by atoms with Crippen molar-refractivity contribution in [2.75, 3.05) is 0 Å². The highest BCUT2D eigenvalue weighted by molar-refractivity contribution is 9.10. The molecular formula is C70H44BBrN3O2. The Kier molecular flexibility index (Phi) is 12.2. The molecule has 0 aliphatic carbocycles. The Labute approximate surface area is 455 Å². The lowest BCUT2D eigenvalue weighted by atomic mass is 10.0. The summed E-state index contributed by atoms with van der Waals surface area (Å²) in [5, 5.41) is 7.04. The standard InChI is InChI=1S/C52H33N3O.C18H11BrO.B/c1-3-12-35(13-4-1)46-33-47(36-14-5-2-6-15-36)54-52(53-46)37-24-22-34(23-25-37)39-27-29-49-45(31-39)42-18-7-9-20-48(42)55(49)41-17-11-16-38(30-41)40-26-28-44-43-19-8-10-21-50(43)56-51(44)32-40;19-14-5-3-4-12(10-14)13-8-9-16-15-6-1-2-7-17(15)20-18(16)11-13;/h1-33H;1-11H;. The fraction of sp³-hybridized carbons (Fsp3) is 0.